The normalized spacial score (nSPS) is 23.0. The first-order valence-electron chi connectivity index (χ1n) is 8.24. The SMILES string of the molecule is CN(CCNCC1CCCC1)CC1CCCCC1. The summed E-state index contributed by atoms with van der Waals surface area (Å²) in [6.07, 6.45) is 13.2. The van der Waals surface area contributed by atoms with Crippen molar-refractivity contribution >= 4 is 0 Å². The summed E-state index contributed by atoms with van der Waals surface area (Å²) in [6, 6.07) is 0. The maximum absolute atomic E-state index is 3.65. The highest BCUT2D eigenvalue weighted by Crippen LogP contribution is 2.24. The van der Waals surface area contributed by atoms with Gasteiger partial charge in [0, 0.05) is 19.6 Å². The third-order valence-corrected chi connectivity index (χ3v) is 4.87. The second kappa shape index (κ2) is 8.16. The second-order valence-corrected chi connectivity index (χ2v) is 6.62. The first-order chi connectivity index (χ1) is 8.84. The van der Waals surface area contributed by atoms with E-state index in [0.29, 0.717) is 0 Å². The molecule has 2 fully saturated rings. The molecule has 0 amide bonds. The zero-order chi connectivity index (χ0) is 12.6. The molecule has 0 spiro atoms. The average molecular weight is 252 g/mol. The van der Waals surface area contributed by atoms with Gasteiger partial charge in [-0.1, -0.05) is 32.1 Å². The summed E-state index contributed by atoms with van der Waals surface area (Å²) in [4.78, 5) is 2.54. The molecule has 2 nitrogen and oxygen atoms in total. The standard InChI is InChI=1S/C16H32N2/c1-18(14-16-9-3-2-4-10-16)12-11-17-13-15-7-5-6-8-15/h15-17H,2-14H2,1H3. The Morgan fingerprint density at radius 1 is 0.889 bits per heavy atom. The molecule has 2 heteroatoms. The molecule has 0 aromatic heterocycles. The lowest BCUT2D eigenvalue weighted by Crippen LogP contribution is -2.34. The Kier molecular flexibility index (Phi) is 6.50. The smallest absolute Gasteiger partial charge is 0.0104 e. The Balaban J connectivity index is 1.47. The van der Waals surface area contributed by atoms with Gasteiger partial charge in [0.15, 0.2) is 0 Å². The largest absolute Gasteiger partial charge is 0.315 e. The highest BCUT2D eigenvalue weighted by Gasteiger charge is 2.16. The summed E-state index contributed by atoms with van der Waals surface area (Å²) in [5.74, 6) is 1.97. The van der Waals surface area contributed by atoms with Crippen LogP contribution in [0.25, 0.3) is 0 Å². The van der Waals surface area contributed by atoms with E-state index < -0.39 is 0 Å². The van der Waals surface area contributed by atoms with Crippen LogP contribution in [0.2, 0.25) is 0 Å². The molecule has 0 radical (unpaired) electrons. The number of hydrogen-bond donors (Lipinski definition) is 1. The Morgan fingerprint density at radius 3 is 2.22 bits per heavy atom. The summed E-state index contributed by atoms with van der Waals surface area (Å²) >= 11 is 0. The fourth-order valence-corrected chi connectivity index (χ4v) is 3.69. The predicted octanol–water partition coefficient (Wildman–Crippen LogP) is 3.28. The van der Waals surface area contributed by atoms with Gasteiger partial charge >= 0.3 is 0 Å². The Labute approximate surface area is 114 Å². The van der Waals surface area contributed by atoms with Crippen LogP contribution in [-0.2, 0) is 0 Å². The lowest BCUT2D eigenvalue weighted by atomic mass is 9.89. The number of likely N-dealkylation sites (N-methyl/N-ethyl adjacent to an activating group) is 1. The van der Waals surface area contributed by atoms with Gasteiger partial charge in [-0.2, -0.15) is 0 Å². The lowest BCUT2D eigenvalue weighted by Gasteiger charge is -2.27. The molecule has 0 aliphatic heterocycles. The summed E-state index contributed by atoms with van der Waals surface area (Å²) in [6.45, 7) is 4.99. The van der Waals surface area contributed by atoms with E-state index in [0.717, 1.165) is 11.8 Å². The van der Waals surface area contributed by atoms with E-state index in [2.05, 4.69) is 17.3 Å². The van der Waals surface area contributed by atoms with E-state index in [9.17, 15) is 0 Å². The minimum atomic E-state index is 0.980. The van der Waals surface area contributed by atoms with Gasteiger partial charge in [0.1, 0.15) is 0 Å². The maximum Gasteiger partial charge on any atom is 0.0104 e. The first-order valence-corrected chi connectivity index (χ1v) is 8.24. The van der Waals surface area contributed by atoms with E-state index in [1.807, 2.05) is 0 Å². The van der Waals surface area contributed by atoms with Gasteiger partial charge in [-0.05, 0) is 51.1 Å². The van der Waals surface area contributed by atoms with Gasteiger partial charge in [0.25, 0.3) is 0 Å². The molecule has 2 aliphatic rings. The maximum atomic E-state index is 3.65. The van der Waals surface area contributed by atoms with Crippen molar-refractivity contribution in [1.82, 2.24) is 10.2 Å². The van der Waals surface area contributed by atoms with Crippen LogP contribution in [0.15, 0.2) is 0 Å². The molecule has 18 heavy (non-hydrogen) atoms. The van der Waals surface area contributed by atoms with Crippen LogP contribution >= 0.6 is 0 Å². The molecule has 106 valence electrons. The summed E-state index contributed by atoms with van der Waals surface area (Å²) < 4.78 is 0. The summed E-state index contributed by atoms with van der Waals surface area (Å²) in [5, 5.41) is 3.65. The number of nitrogens with zero attached hydrogens (tertiary/aromatic N) is 1. The topological polar surface area (TPSA) is 15.3 Å². The zero-order valence-corrected chi connectivity index (χ0v) is 12.3. The molecule has 2 aliphatic carbocycles. The third kappa shape index (κ3) is 5.27. The molecule has 2 saturated carbocycles. The third-order valence-electron chi connectivity index (χ3n) is 4.87. The van der Waals surface area contributed by atoms with Gasteiger partial charge in [0.05, 0.1) is 0 Å². The molecule has 1 N–H and O–H groups in total. The molecular weight excluding hydrogens is 220 g/mol. The molecule has 0 bridgehead atoms. The second-order valence-electron chi connectivity index (χ2n) is 6.62. The van der Waals surface area contributed by atoms with E-state index in [1.165, 1.54) is 84.0 Å². The summed E-state index contributed by atoms with van der Waals surface area (Å²) in [5.41, 5.74) is 0. The number of hydrogen-bond acceptors (Lipinski definition) is 2. The van der Waals surface area contributed by atoms with Gasteiger partial charge in [-0.25, -0.2) is 0 Å². The lowest BCUT2D eigenvalue weighted by molar-refractivity contribution is 0.233. The van der Waals surface area contributed by atoms with Crippen molar-refractivity contribution in [3.63, 3.8) is 0 Å². The van der Waals surface area contributed by atoms with Crippen molar-refractivity contribution in [3.05, 3.63) is 0 Å². The van der Waals surface area contributed by atoms with Gasteiger partial charge < -0.3 is 10.2 Å². The van der Waals surface area contributed by atoms with Crippen LogP contribution in [0.3, 0.4) is 0 Å². The van der Waals surface area contributed by atoms with Crippen LogP contribution in [0.4, 0.5) is 0 Å². The zero-order valence-electron chi connectivity index (χ0n) is 12.3. The summed E-state index contributed by atoms with van der Waals surface area (Å²) in [7, 11) is 2.30. The van der Waals surface area contributed by atoms with Crippen molar-refractivity contribution in [2.75, 3.05) is 33.2 Å². The Bertz CT molecular complexity index is 205. The monoisotopic (exact) mass is 252 g/mol. The van der Waals surface area contributed by atoms with Crippen molar-refractivity contribution in [2.24, 2.45) is 11.8 Å². The Morgan fingerprint density at radius 2 is 1.50 bits per heavy atom. The molecule has 0 aromatic carbocycles. The van der Waals surface area contributed by atoms with Crippen molar-refractivity contribution < 1.29 is 0 Å². The van der Waals surface area contributed by atoms with Gasteiger partial charge in [-0.15, -0.1) is 0 Å². The number of rotatable bonds is 7. The first kappa shape index (κ1) is 14.3. The van der Waals surface area contributed by atoms with Gasteiger partial charge in [-0.3, -0.25) is 0 Å². The fourth-order valence-electron chi connectivity index (χ4n) is 3.69. The van der Waals surface area contributed by atoms with Crippen molar-refractivity contribution in [2.45, 2.75) is 57.8 Å². The van der Waals surface area contributed by atoms with Gasteiger partial charge in [0.2, 0.25) is 0 Å². The minimum absolute atomic E-state index is 0.980. The predicted molar refractivity (Wildman–Crippen MR) is 78.9 cm³/mol. The van der Waals surface area contributed by atoms with E-state index >= 15 is 0 Å². The van der Waals surface area contributed by atoms with Crippen LogP contribution in [0.1, 0.15) is 57.8 Å². The fraction of sp³-hybridized carbons (Fsp3) is 1.00. The molecular formula is C16H32N2. The van der Waals surface area contributed by atoms with Crippen molar-refractivity contribution in [3.8, 4) is 0 Å². The van der Waals surface area contributed by atoms with Crippen LogP contribution < -0.4 is 5.32 Å². The Hall–Kier alpha value is -0.0800. The van der Waals surface area contributed by atoms with Crippen LogP contribution in [0, 0.1) is 11.8 Å². The number of nitrogens with one attached hydrogen (secondary N) is 1. The highest BCUT2D eigenvalue weighted by molar-refractivity contribution is 4.71. The highest BCUT2D eigenvalue weighted by atomic mass is 15.1. The average Bonchev–Trinajstić information content (AvgIpc) is 2.89. The quantitative estimate of drug-likeness (QED) is 0.700. The van der Waals surface area contributed by atoms with E-state index in [4.69, 9.17) is 0 Å². The molecule has 0 unspecified atom stereocenters. The molecule has 2 rings (SSSR count). The van der Waals surface area contributed by atoms with E-state index in [-0.39, 0.29) is 0 Å². The van der Waals surface area contributed by atoms with Crippen molar-refractivity contribution in [1.29, 1.82) is 0 Å². The molecule has 0 aromatic rings. The molecule has 0 saturated heterocycles. The minimum Gasteiger partial charge on any atom is -0.315 e. The van der Waals surface area contributed by atoms with Crippen LogP contribution in [-0.4, -0.2) is 38.1 Å². The van der Waals surface area contributed by atoms with Crippen LogP contribution in [0.5, 0.6) is 0 Å². The molecule has 0 atom stereocenters. The molecule has 0 heterocycles. The van der Waals surface area contributed by atoms with E-state index in [1.54, 1.807) is 0 Å².